The lowest BCUT2D eigenvalue weighted by molar-refractivity contribution is -0.116. The number of nitrogens with zero attached hydrogens (tertiary/aromatic N) is 4. The molecule has 0 aliphatic carbocycles. The molecule has 120 valence electrons. The normalized spacial score (nSPS) is 10.5. The molecule has 0 atom stereocenters. The zero-order valence-corrected chi connectivity index (χ0v) is 13.6. The first kappa shape index (κ1) is 15.7. The van der Waals surface area contributed by atoms with Crippen LogP contribution in [-0.2, 0) is 4.79 Å². The molecule has 2 aromatic heterocycles. The Balaban J connectivity index is 2.11. The predicted octanol–water partition coefficient (Wildman–Crippen LogP) is 3.34. The molecule has 1 aromatic carbocycles. The molecule has 0 saturated carbocycles. The van der Waals surface area contributed by atoms with Crippen LogP contribution in [0.2, 0.25) is 0 Å². The molecule has 0 aliphatic heterocycles. The minimum Gasteiger partial charge on any atom is -0.309 e. The van der Waals surface area contributed by atoms with Gasteiger partial charge in [0.15, 0.2) is 11.6 Å². The average Bonchev–Trinajstić information content (AvgIpc) is 2.97. The van der Waals surface area contributed by atoms with Gasteiger partial charge in [-0.05, 0) is 31.0 Å². The summed E-state index contributed by atoms with van der Waals surface area (Å²) < 4.78 is 1.51. The van der Waals surface area contributed by atoms with E-state index < -0.39 is 0 Å². The lowest BCUT2D eigenvalue weighted by atomic mass is 10.1. The molecule has 0 bridgehead atoms. The van der Waals surface area contributed by atoms with Crippen LogP contribution in [-0.4, -0.2) is 20.7 Å². The van der Waals surface area contributed by atoms with E-state index in [0.29, 0.717) is 23.6 Å². The van der Waals surface area contributed by atoms with Crippen molar-refractivity contribution in [2.45, 2.75) is 26.7 Å². The van der Waals surface area contributed by atoms with Crippen LogP contribution in [0.3, 0.4) is 0 Å². The molecule has 6 heteroatoms. The molecule has 0 fully saturated rings. The summed E-state index contributed by atoms with van der Waals surface area (Å²) >= 11 is 0. The van der Waals surface area contributed by atoms with Crippen molar-refractivity contribution in [2.24, 2.45) is 0 Å². The van der Waals surface area contributed by atoms with Gasteiger partial charge in [-0.25, -0.2) is 4.98 Å². The lowest BCUT2D eigenvalue weighted by Gasteiger charge is -2.11. The predicted molar refractivity (Wildman–Crippen MR) is 91.9 cm³/mol. The highest BCUT2D eigenvalue weighted by Gasteiger charge is 2.16. The topological polar surface area (TPSA) is 83.6 Å². The van der Waals surface area contributed by atoms with E-state index in [-0.39, 0.29) is 5.91 Å². The first-order valence-corrected chi connectivity index (χ1v) is 7.78. The Morgan fingerprint density at radius 2 is 2.17 bits per heavy atom. The summed E-state index contributed by atoms with van der Waals surface area (Å²) in [6, 6.07) is 11.8. The smallest absolute Gasteiger partial charge is 0.225 e. The Kier molecular flexibility index (Phi) is 4.25. The number of fused-ring (bicyclic) bond motifs is 1. The van der Waals surface area contributed by atoms with Crippen molar-refractivity contribution in [3.8, 4) is 11.9 Å². The van der Waals surface area contributed by atoms with Gasteiger partial charge >= 0.3 is 0 Å². The molecule has 1 amide bonds. The fraction of sp³-hybridized carbons (Fsp3) is 0.222. The largest absolute Gasteiger partial charge is 0.309 e. The van der Waals surface area contributed by atoms with E-state index in [2.05, 4.69) is 21.5 Å². The third-order valence-corrected chi connectivity index (χ3v) is 3.75. The Morgan fingerprint density at radius 1 is 1.38 bits per heavy atom. The van der Waals surface area contributed by atoms with Crippen LogP contribution in [0.25, 0.3) is 16.7 Å². The highest BCUT2D eigenvalue weighted by atomic mass is 16.1. The minimum atomic E-state index is -0.145. The maximum absolute atomic E-state index is 12.0. The van der Waals surface area contributed by atoms with Gasteiger partial charge in [0.05, 0.1) is 11.7 Å². The van der Waals surface area contributed by atoms with E-state index in [1.54, 1.807) is 0 Å². The van der Waals surface area contributed by atoms with Crippen molar-refractivity contribution >= 4 is 22.6 Å². The van der Waals surface area contributed by atoms with Crippen molar-refractivity contribution in [2.75, 3.05) is 5.32 Å². The van der Waals surface area contributed by atoms with E-state index in [9.17, 15) is 10.1 Å². The number of carbonyl (C=O) groups excluding carboxylic acids is 1. The van der Waals surface area contributed by atoms with E-state index in [0.717, 1.165) is 22.9 Å². The molecule has 0 radical (unpaired) electrons. The fourth-order valence-corrected chi connectivity index (χ4v) is 2.59. The number of para-hydroxylation sites is 1. The van der Waals surface area contributed by atoms with Crippen LogP contribution in [0.5, 0.6) is 0 Å². The maximum atomic E-state index is 12.0. The van der Waals surface area contributed by atoms with Gasteiger partial charge in [0.2, 0.25) is 5.91 Å². The van der Waals surface area contributed by atoms with Gasteiger partial charge in [-0.1, -0.05) is 25.1 Å². The van der Waals surface area contributed by atoms with Crippen molar-refractivity contribution in [1.29, 1.82) is 5.26 Å². The highest BCUT2D eigenvalue weighted by molar-refractivity contribution is 5.91. The Labute approximate surface area is 139 Å². The second-order valence-corrected chi connectivity index (χ2v) is 5.54. The van der Waals surface area contributed by atoms with Gasteiger partial charge in [0.25, 0.3) is 0 Å². The van der Waals surface area contributed by atoms with Crippen LogP contribution in [0.15, 0.2) is 36.5 Å². The van der Waals surface area contributed by atoms with Crippen LogP contribution in [0.1, 0.15) is 30.9 Å². The van der Waals surface area contributed by atoms with Gasteiger partial charge in [-0.3, -0.25) is 4.79 Å². The number of nitrogens with one attached hydrogen (secondary N) is 1. The number of anilines is 1. The number of aromatic nitrogens is 3. The van der Waals surface area contributed by atoms with Crippen LogP contribution in [0, 0.1) is 18.3 Å². The van der Waals surface area contributed by atoms with Crippen LogP contribution >= 0.6 is 0 Å². The highest BCUT2D eigenvalue weighted by Crippen LogP contribution is 2.23. The summed E-state index contributed by atoms with van der Waals surface area (Å²) in [5.41, 5.74) is 2.20. The molecule has 1 N–H and O–H groups in total. The van der Waals surface area contributed by atoms with Crippen molar-refractivity contribution < 1.29 is 4.79 Å². The summed E-state index contributed by atoms with van der Waals surface area (Å²) in [6.07, 6.45) is 2.56. The minimum absolute atomic E-state index is 0.145. The summed E-state index contributed by atoms with van der Waals surface area (Å²) in [7, 11) is 0. The third-order valence-electron chi connectivity index (χ3n) is 3.75. The van der Waals surface area contributed by atoms with E-state index in [1.807, 2.05) is 44.2 Å². The summed E-state index contributed by atoms with van der Waals surface area (Å²) in [5, 5.41) is 17.3. The van der Waals surface area contributed by atoms with Crippen molar-refractivity contribution in [1.82, 2.24) is 14.8 Å². The second-order valence-electron chi connectivity index (χ2n) is 5.54. The number of hydrogen-bond acceptors (Lipinski definition) is 4. The molecule has 3 rings (SSSR count). The average molecular weight is 319 g/mol. The van der Waals surface area contributed by atoms with E-state index in [4.69, 9.17) is 0 Å². The van der Waals surface area contributed by atoms with E-state index in [1.165, 1.54) is 10.9 Å². The fourth-order valence-electron chi connectivity index (χ4n) is 2.59. The van der Waals surface area contributed by atoms with E-state index >= 15 is 0 Å². The quantitative estimate of drug-likeness (QED) is 0.799. The van der Waals surface area contributed by atoms with Crippen molar-refractivity contribution in [3.63, 3.8) is 0 Å². The third kappa shape index (κ3) is 2.84. The first-order chi connectivity index (χ1) is 11.6. The lowest BCUT2D eigenvalue weighted by Crippen LogP contribution is -2.15. The van der Waals surface area contributed by atoms with Crippen molar-refractivity contribution in [3.05, 3.63) is 47.7 Å². The molecule has 0 saturated heterocycles. The number of pyridine rings is 1. The zero-order valence-electron chi connectivity index (χ0n) is 13.6. The Bertz CT molecular complexity index is 952. The number of nitriles is 1. The Morgan fingerprint density at radius 3 is 2.92 bits per heavy atom. The molecule has 0 aliphatic rings. The van der Waals surface area contributed by atoms with Gasteiger partial charge in [0.1, 0.15) is 11.6 Å². The van der Waals surface area contributed by atoms with Crippen LogP contribution < -0.4 is 5.32 Å². The number of aryl methyl sites for hydroxylation is 1. The molecule has 0 unspecified atom stereocenters. The molecule has 3 aromatic rings. The Hall–Kier alpha value is -3.20. The standard InChI is InChI=1S/C18H17N5O/c1-3-6-17(24)22-18-13(10-19)11-20-23(18)16-9-12(2)14-7-4-5-8-15(14)21-16/h4-5,7-9,11H,3,6H2,1-2H3,(H,22,24). The van der Waals surface area contributed by atoms with Gasteiger partial charge in [-0.2, -0.15) is 15.0 Å². The number of hydrogen-bond donors (Lipinski definition) is 1. The monoisotopic (exact) mass is 319 g/mol. The second kappa shape index (κ2) is 6.50. The first-order valence-electron chi connectivity index (χ1n) is 7.78. The van der Waals surface area contributed by atoms with Crippen LogP contribution in [0.4, 0.5) is 5.82 Å². The number of benzene rings is 1. The number of carbonyl (C=O) groups is 1. The molecular formula is C18H17N5O. The van der Waals surface area contributed by atoms with Gasteiger partial charge in [-0.15, -0.1) is 0 Å². The SMILES string of the molecule is CCCC(=O)Nc1c(C#N)cnn1-c1cc(C)c2ccccc2n1. The molecule has 0 spiro atoms. The zero-order chi connectivity index (χ0) is 17.1. The summed E-state index contributed by atoms with van der Waals surface area (Å²) in [5.74, 6) is 0.783. The summed E-state index contributed by atoms with van der Waals surface area (Å²) in [6.45, 7) is 3.92. The molecule has 2 heterocycles. The number of rotatable bonds is 4. The molecular weight excluding hydrogens is 302 g/mol. The van der Waals surface area contributed by atoms with Gasteiger partial charge < -0.3 is 5.32 Å². The molecule has 6 nitrogen and oxygen atoms in total. The van der Waals surface area contributed by atoms with Gasteiger partial charge in [0, 0.05) is 11.8 Å². The molecule has 24 heavy (non-hydrogen) atoms. The number of amides is 1. The summed E-state index contributed by atoms with van der Waals surface area (Å²) in [4.78, 5) is 16.6. The maximum Gasteiger partial charge on any atom is 0.225 e.